The summed E-state index contributed by atoms with van der Waals surface area (Å²) in [5, 5.41) is 16.6. The van der Waals surface area contributed by atoms with Crippen molar-refractivity contribution in [2.45, 2.75) is 80.1 Å². The number of hydrogen-bond acceptors (Lipinski definition) is 7. The molecule has 0 fully saturated rings. The zero-order chi connectivity index (χ0) is 24.1. The minimum absolute atomic E-state index is 0.273. The molecule has 0 saturated carbocycles. The van der Waals surface area contributed by atoms with Crippen LogP contribution in [-0.2, 0) is 47.8 Å². The third-order valence-electron chi connectivity index (χ3n) is 3.83. The molecule has 0 aliphatic carbocycles. The number of ketones is 2. The molecule has 0 aromatic carbocycles. The number of Topliss-reactive ketones (excluding diaryl/α,β-unsaturated/α-hetero) is 2. The summed E-state index contributed by atoms with van der Waals surface area (Å²) in [5.74, 6) is -4.19. The van der Waals surface area contributed by atoms with Crippen molar-refractivity contribution in [1.82, 2.24) is 0 Å². The van der Waals surface area contributed by atoms with E-state index in [0.717, 1.165) is 25.7 Å². The summed E-state index contributed by atoms with van der Waals surface area (Å²) >= 11 is -2.76. The molecule has 2 N–H and O–H groups in total. The Morgan fingerprint density at radius 1 is 0.733 bits per heavy atom. The first-order valence-electron chi connectivity index (χ1n) is 10.3. The fourth-order valence-electron chi connectivity index (χ4n) is 1.91. The molecule has 9 nitrogen and oxygen atoms in total. The summed E-state index contributed by atoms with van der Waals surface area (Å²) in [6.45, 7) is 11.3. The van der Waals surface area contributed by atoms with E-state index in [1.54, 1.807) is 13.8 Å². The Bertz CT molecular complexity index is 448. The van der Waals surface area contributed by atoms with E-state index in [4.69, 9.17) is 16.8 Å². The summed E-state index contributed by atoms with van der Waals surface area (Å²) in [6.07, 6.45) is 4.84. The van der Waals surface area contributed by atoms with Gasteiger partial charge in [-0.3, -0.25) is 19.2 Å². The molecular weight excluding hydrogens is 432 g/mol. The van der Waals surface area contributed by atoms with E-state index >= 15 is 0 Å². The Morgan fingerprint density at radius 3 is 1.17 bits per heavy atom. The zero-order valence-electron chi connectivity index (χ0n) is 19.1. The van der Waals surface area contributed by atoms with Crippen molar-refractivity contribution >= 4 is 23.5 Å². The van der Waals surface area contributed by atoms with Crippen LogP contribution < -0.4 is 0 Å². The third-order valence-corrected chi connectivity index (χ3v) is 5.20. The molecule has 0 amide bonds. The Hall–Kier alpha value is -1.29. The van der Waals surface area contributed by atoms with E-state index in [2.05, 4.69) is 13.8 Å². The fraction of sp³-hybridized carbons (Fsp3) is 0.800. The average Bonchev–Trinajstić information content (AvgIpc) is 2.63. The maximum atomic E-state index is 11.0. The SMILES string of the molecule is CCC(C(C)=O)C(=O)O.CCC(C(C)=O)C(=O)O.CCCC[O][Ti](=[O])[O]CCCC. The Kier molecular flexibility index (Phi) is 24.9. The van der Waals surface area contributed by atoms with Gasteiger partial charge in [-0.1, -0.05) is 13.8 Å². The maximum absolute atomic E-state index is 11.0. The third kappa shape index (κ3) is 21.4. The van der Waals surface area contributed by atoms with Crippen molar-refractivity contribution in [3.8, 4) is 0 Å². The van der Waals surface area contributed by atoms with E-state index < -0.39 is 42.4 Å². The molecule has 0 saturated heterocycles. The fourth-order valence-corrected chi connectivity index (χ4v) is 3.01. The van der Waals surface area contributed by atoms with Gasteiger partial charge in [0.25, 0.3) is 0 Å². The molecule has 0 aromatic rings. The van der Waals surface area contributed by atoms with Crippen LogP contribution in [0.25, 0.3) is 0 Å². The zero-order valence-corrected chi connectivity index (χ0v) is 20.6. The average molecular weight is 470 g/mol. The van der Waals surface area contributed by atoms with E-state index in [0.29, 0.717) is 26.1 Å². The van der Waals surface area contributed by atoms with Gasteiger partial charge in [0.15, 0.2) is 0 Å². The first kappa shape index (κ1) is 33.4. The Morgan fingerprint density at radius 2 is 1.03 bits per heavy atom. The molecule has 2 unspecified atom stereocenters. The van der Waals surface area contributed by atoms with Crippen molar-refractivity contribution in [3.63, 3.8) is 0 Å². The van der Waals surface area contributed by atoms with Crippen molar-refractivity contribution in [2.24, 2.45) is 11.8 Å². The first-order valence-corrected chi connectivity index (χ1v) is 12.2. The molecule has 30 heavy (non-hydrogen) atoms. The monoisotopic (exact) mass is 470 g/mol. The van der Waals surface area contributed by atoms with Crippen LogP contribution in [-0.4, -0.2) is 46.9 Å². The second kappa shape index (κ2) is 22.4. The second-order valence-corrected chi connectivity index (χ2v) is 8.16. The summed E-state index contributed by atoms with van der Waals surface area (Å²) in [5.41, 5.74) is 0. The number of unbranched alkanes of at least 4 members (excludes halogenated alkanes) is 2. The van der Waals surface area contributed by atoms with Gasteiger partial charge < -0.3 is 10.2 Å². The predicted octanol–water partition coefficient (Wildman–Crippen LogP) is 3.79. The van der Waals surface area contributed by atoms with E-state index in [9.17, 15) is 22.5 Å². The number of rotatable bonds is 14. The van der Waals surface area contributed by atoms with Crippen LogP contribution in [0.3, 0.4) is 0 Å². The van der Waals surface area contributed by atoms with Crippen molar-refractivity contribution in [2.75, 3.05) is 13.2 Å². The van der Waals surface area contributed by atoms with Gasteiger partial charge in [0, 0.05) is 0 Å². The number of carbonyl (C=O) groups excluding carboxylic acids is 2. The number of carboxylic acid groups (broad SMARTS) is 2. The topological polar surface area (TPSA) is 144 Å². The molecule has 176 valence electrons. The predicted molar refractivity (Wildman–Crippen MR) is 107 cm³/mol. The number of carbonyl (C=O) groups is 4. The molecule has 0 aromatic heterocycles. The van der Waals surface area contributed by atoms with Crippen molar-refractivity contribution < 1.29 is 58.0 Å². The molecule has 0 spiro atoms. The molecule has 0 radical (unpaired) electrons. The molecule has 0 aliphatic heterocycles. The molecule has 0 heterocycles. The second-order valence-electron chi connectivity index (χ2n) is 6.47. The van der Waals surface area contributed by atoms with Gasteiger partial charge in [-0.2, -0.15) is 0 Å². The summed E-state index contributed by atoms with van der Waals surface area (Å²) in [6, 6.07) is 0. The van der Waals surface area contributed by atoms with Gasteiger partial charge in [0.05, 0.1) is 0 Å². The van der Waals surface area contributed by atoms with Crippen molar-refractivity contribution in [3.05, 3.63) is 0 Å². The van der Waals surface area contributed by atoms with Crippen LogP contribution in [0.1, 0.15) is 80.1 Å². The van der Waals surface area contributed by atoms with E-state index in [1.807, 2.05) is 0 Å². The number of hydrogen-bond donors (Lipinski definition) is 2. The summed E-state index contributed by atoms with van der Waals surface area (Å²) in [7, 11) is 0. The first-order chi connectivity index (χ1) is 14.0. The van der Waals surface area contributed by atoms with Gasteiger partial charge >= 0.3 is 93.3 Å². The summed E-state index contributed by atoms with van der Waals surface area (Å²) < 4.78 is 21.0. The van der Waals surface area contributed by atoms with E-state index in [1.165, 1.54) is 13.8 Å². The standard InChI is InChI=1S/2C6H10O3.2C4H9O.O.Ti/c2*1-3-5(4(2)7)6(8)9;2*1-2-3-4-5;;/h2*5H,3H2,1-2H3,(H,8,9);2*2-4H2,1H3;;/q;;2*-1;;+2. The molecule has 10 heteroatoms. The molecular formula is C20H38O9Ti. The molecule has 2 atom stereocenters. The van der Waals surface area contributed by atoms with E-state index in [-0.39, 0.29) is 11.6 Å². The summed E-state index contributed by atoms with van der Waals surface area (Å²) in [4.78, 5) is 41.2. The van der Waals surface area contributed by atoms with Crippen LogP contribution in [0.4, 0.5) is 0 Å². The van der Waals surface area contributed by atoms with Crippen LogP contribution in [0.5, 0.6) is 0 Å². The molecule has 0 rings (SSSR count). The van der Waals surface area contributed by atoms with Gasteiger partial charge in [-0.15, -0.1) is 0 Å². The Labute approximate surface area is 186 Å². The van der Waals surface area contributed by atoms with Gasteiger partial charge in [-0.05, 0) is 26.7 Å². The quantitative estimate of drug-likeness (QED) is 0.220. The van der Waals surface area contributed by atoms with Crippen molar-refractivity contribution in [1.29, 1.82) is 0 Å². The normalized spacial score (nSPS) is 11.7. The molecule has 0 aliphatic rings. The van der Waals surface area contributed by atoms with Crippen LogP contribution in [0, 0.1) is 11.8 Å². The van der Waals surface area contributed by atoms with Crippen LogP contribution in [0.2, 0.25) is 0 Å². The number of carboxylic acids is 2. The van der Waals surface area contributed by atoms with Gasteiger partial charge in [0.2, 0.25) is 0 Å². The van der Waals surface area contributed by atoms with Gasteiger partial charge in [-0.25, -0.2) is 0 Å². The Balaban J connectivity index is -0.000000371. The molecule has 0 bridgehead atoms. The van der Waals surface area contributed by atoms with Crippen LogP contribution >= 0.6 is 0 Å². The minimum atomic E-state index is -2.76. The van der Waals surface area contributed by atoms with Gasteiger partial charge in [0.1, 0.15) is 23.4 Å². The number of aliphatic carboxylic acids is 2. The van der Waals surface area contributed by atoms with Crippen LogP contribution in [0.15, 0.2) is 0 Å².